The lowest BCUT2D eigenvalue weighted by Gasteiger charge is -2.42. The molecule has 2 bridgehead atoms. The maximum Gasteiger partial charge on any atom is 0.275 e. The van der Waals surface area contributed by atoms with Crippen molar-refractivity contribution < 1.29 is 21.6 Å². The fourth-order valence-corrected chi connectivity index (χ4v) is 8.30. The van der Waals surface area contributed by atoms with E-state index in [0.29, 0.717) is 18.8 Å². The lowest BCUT2D eigenvalue weighted by molar-refractivity contribution is 0.186. The monoisotopic (exact) mass is 521 g/mol. The van der Waals surface area contributed by atoms with Gasteiger partial charge in [-0.15, -0.1) is 11.3 Å². The first-order valence-corrected chi connectivity index (χ1v) is 14.4. The summed E-state index contributed by atoms with van der Waals surface area (Å²) in [5.74, 6) is 0.366. The van der Waals surface area contributed by atoms with E-state index in [1.807, 2.05) is 0 Å². The van der Waals surface area contributed by atoms with Gasteiger partial charge in [-0.05, 0) is 60.2 Å². The molecule has 2 aliphatic heterocycles. The summed E-state index contributed by atoms with van der Waals surface area (Å²) in [6, 6.07) is 12.6. The Morgan fingerprint density at radius 1 is 1.00 bits per heavy atom. The van der Waals surface area contributed by atoms with Crippen molar-refractivity contribution in [2.24, 2.45) is 5.92 Å². The minimum Gasteiger partial charge on any atom is -0.497 e. The molecule has 12 heteroatoms. The van der Waals surface area contributed by atoms with Gasteiger partial charge >= 0.3 is 0 Å². The third kappa shape index (κ3) is 4.04. The van der Waals surface area contributed by atoms with Crippen molar-refractivity contribution in [3.8, 4) is 5.75 Å². The van der Waals surface area contributed by atoms with Crippen LogP contribution in [0.1, 0.15) is 18.0 Å². The molecule has 0 spiro atoms. The zero-order valence-corrected chi connectivity index (χ0v) is 20.7. The normalized spacial score (nSPS) is 20.5. The molecule has 1 fully saturated rings. The number of sulfonamides is 2. The fourth-order valence-electron chi connectivity index (χ4n) is 4.68. The number of piperidine rings is 1. The van der Waals surface area contributed by atoms with Gasteiger partial charge in [0.05, 0.1) is 12.0 Å². The van der Waals surface area contributed by atoms with E-state index < -0.39 is 25.6 Å². The number of rotatable bonds is 6. The molecule has 2 atom stereocenters. The summed E-state index contributed by atoms with van der Waals surface area (Å²) in [4.78, 5) is 13.3. The Kier molecular flexibility index (Phi) is 5.79. The van der Waals surface area contributed by atoms with Crippen LogP contribution in [0.15, 0.2) is 67.8 Å². The lowest BCUT2D eigenvalue weighted by Crippen LogP contribution is -2.49. The number of hydrogen-bond donors (Lipinski definition) is 1. The Balaban J connectivity index is 1.42. The number of fused-ring (bicyclic) bond motifs is 4. The quantitative estimate of drug-likeness (QED) is 0.533. The molecule has 2 aliphatic rings. The average Bonchev–Trinajstić information content (AvgIpc) is 3.37. The predicted octanol–water partition coefficient (Wildman–Crippen LogP) is 2.53. The zero-order chi connectivity index (χ0) is 24.1. The fraction of sp³-hybridized carbons (Fsp3) is 0.318. The van der Waals surface area contributed by atoms with Crippen LogP contribution in [-0.2, 0) is 26.6 Å². The van der Waals surface area contributed by atoms with E-state index in [0.717, 1.165) is 23.5 Å². The van der Waals surface area contributed by atoms with Gasteiger partial charge in [0.1, 0.15) is 15.6 Å². The van der Waals surface area contributed by atoms with E-state index in [9.17, 15) is 21.6 Å². The van der Waals surface area contributed by atoms with Crippen molar-refractivity contribution in [2.75, 3.05) is 24.9 Å². The highest BCUT2D eigenvalue weighted by Gasteiger charge is 2.40. The molecule has 34 heavy (non-hydrogen) atoms. The Morgan fingerprint density at radius 2 is 1.76 bits per heavy atom. The molecule has 180 valence electrons. The molecule has 0 aliphatic carbocycles. The van der Waals surface area contributed by atoms with Crippen molar-refractivity contribution in [1.82, 2.24) is 8.87 Å². The van der Waals surface area contributed by atoms with E-state index in [1.54, 1.807) is 34.2 Å². The first-order chi connectivity index (χ1) is 16.2. The van der Waals surface area contributed by atoms with Crippen LogP contribution < -0.4 is 15.0 Å². The van der Waals surface area contributed by atoms with E-state index in [4.69, 9.17) is 4.74 Å². The van der Waals surface area contributed by atoms with Gasteiger partial charge in [-0.2, -0.15) is 4.31 Å². The minimum absolute atomic E-state index is 0.0140. The third-order valence-electron chi connectivity index (χ3n) is 6.27. The molecule has 0 amide bonds. The maximum absolute atomic E-state index is 13.3. The number of thiophene rings is 1. The highest BCUT2D eigenvalue weighted by Crippen LogP contribution is 2.37. The first kappa shape index (κ1) is 23.1. The largest absolute Gasteiger partial charge is 0.497 e. The molecule has 4 heterocycles. The van der Waals surface area contributed by atoms with Crippen LogP contribution in [0.4, 0.5) is 5.69 Å². The van der Waals surface area contributed by atoms with Crippen molar-refractivity contribution in [1.29, 1.82) is 0 Å². The summed E-state index contributed by atoms with van der Waals surface area (Å²) >= 11 is 1.07. The first-order valence-electron chi connectivity index (χ1n) is 10.6. The predicted molar refractivity (Wildman–Crippen MR) is 128 cm³/mol. The Bertz CT molecular complexity index is 1480. The molecule has 9 nitrogen and oxygen atoms in total. The van der Waals surface area contributed by atoms with E-state index >= 15 is 0 Å². The van der Waals surface area contributed by atoms with Crippen molar-refractivity contribution >= 4 is 37.1 Å². The van der Waals surface area contributed by atoms with Gasteiger partial charge in [0.2, 0.25) is 10.0 Å². The number of aromatic nitrogens is 1. The van der Waals surface area contributed by atoms with Gasteiger partial charge in [0.25, 0.3) is 15.6 Å². The standard InChI is InChI=1S/C22H23N3O6S3/c1-31-17-4-6-18(7-5-17)34(29,30)24-12-15-11-16(14-24)20-9-8-19(22(26)25(20)13-15)23-33(27,28)21-3-2-10-32-21/h2-10,15-16,23H,11-14H2,1H3/t15-,16+/m0/s1. The Morgan fingerprint density at radius 3 is 2.44 bits per heavy atom. The van der Waals surface area contributed by atoms with Gasteiger partial charge in [-0.3, -0.25) is 9.52 Å². The Labute approximate surface area is 201 Å². The van der Waals surface area contributed by atoms with Crippen LogP contribution in [0.5, 0.6) is 5.75 Å². The average molecular weight is 522 g/mol. The third-order valence-corrected chi connectivity index (χ3v) is 10.9. The summed E-state index contributed by atoms with van der Waals surface area (Å²) < 4.78 is 62.4. The lowest BCUT2D eigenvalue weighted by atomic mass is 9.84. The topological polar surface area (TPSA) is 115 Å². The number of anilines is 1. The van der Waals surface area contributed by atoms with Crippen LogP contribution in [0.25, 0.3) is 0 Å². The van der Waals surface area contributed by atoms with Crippen LogP contribution in [0.3, 0.4) is 0 Å². The van der Waals surface area contributed by atoms with Crippen molar-refractivity contribution in [3.05, 3.63) is 70.0 Å². The van der Waals surface area contributed by atoms with Gasteiger partial charge in [0.15, 0.2) is 0 Å². The smallest absolute Gasteiger partial charge is 0.275 e. The van der Waals surface area contributed by atoms with Crippen LogP contribution >= 0.6 is 11.3 Å². The van der Waals surface area contributed by atoms with Gasteiger partial charge in [0, 0.05) is 31.2 Å². The highest BCUT2D eigenvalue weighted by atomic mass is 32.2. The van der Waals surface area contributed by atoms with E-state index in [-0.39, 0.29) is 33.2 Å². The molecule has 0 unspecified atom stereocenters. The Hall–Kier alpha value is -2.67. The van der Waals surface area contributed by atoms with Crippen LogP contribution in [-0.4, -0.2) is 45.9 Å². The van der Waals surface area contributed by atoms with E-state index in [2.05, 4.69) is 4.72 Å². The second-order valence-corrected chi connectivity index (χ2v) is 13.2. The van der Waals surface area contributed by atoms with Gasteiger partial charge < -0.3 is 9.30 Å². The molecular weight excluding hydrogens is 498 g/mol. The molecule has 0 saturated carbocycles. The van der Waals surface area contributed by atoms with Gasteiger partial charge in [-0.25, -0.2) is 16.8 Å². The summed E-state index contributed by atoms with van der Waals surface area (Å²) in [5, 5.41) is 1.65. The SMILES string of the molecule is COc1ccc(S(=O)(=O)N2C[C@@H]3C[C@H](C2)c2ccc(NS(=O)(=O)c4cccs4)c(=O)n2C3)cc1. The number of ether oxygens (including phenoxy) is 1. The van der Waals surface area contributed by atoms with Crippen molar-refractivity contribution in [3.63, 3.8) is 0 Å². The van der Waals surface area contributed by atoms with E-state index in [1.165, 1.54) is 35.7 Å². The summed E-state index contributed by atoms with van der Waals surface area (Å²) in [7, 11) is -6.02. The highest BCUT2D eigenvalue weighted by molar-refractivity contribution is 7.94. The molecular formula is C22H23N3O6S3. The number of pyridine rings is 1. The van der Waals surface area contributed by atoms with Crippen LogP contribution in [0, 0.1) is 5.92 Å². The number of nitrogens with zero attached hydrogens (tertiary/aromatic N) is 2. The number of nitrogens with one attached hydrogen (secondary N) is 1. The molecule has 0 radical (unpaired) electrons. The minimum atomic E-state index is -3.84. The summed E-state index contributed by atoms with van der Waals surface area (Å²) in [6.45, 7) is 0.875. The molecule has 1 aromatic carbocycles. The zero-order valence-electron chi connectivity index (χ0n) is 18.2. The molecule has 3 aromatic rings. The maximum atomic E-state index is 13.3. The molecule has 2 aromatic heterocycles. The second-order valence-electron chi connectivity index (χ2n) is 8.42. The summed E-state index contributed by atoms with van der Waals surface area (Å²) in [6.07, 6.45) is 0.772. The summed E-state index contributed by atoms with van der Waals surface area (Å²) in [5.41, 5.74) is 0.286. The number of benzene rings is 1. The molecule has 5 rings (SSSR count). The molecule has 1 N–H and O–H groups in total. The van der Waals surface area contributed by atoms with Crippen LogP contribution in [0.2, 0.25) is 0 Å². The number of hydrogen-bond acceptors (Lipinski definition) is 7. The van der Waals surface area contributed by atoms with Crippen molar-refractivity contribution in [2.45, 2.75) is 28.0 Å². The molecule has 1 saturated heterocycles. The number of methoxy groups -OCH3 is 1. The second kappa shape index (κ2) is 8.52. The van der Waals surface area contributed by atoms with Gasteiger partial charge in [-0.1, -0.05) is 6.07 Å².